The highest BCUT2D eigenvalue weighted by Gasteiger charge is 2.10. The predicted octanol–water partition coefficient (Wildman–Crippen LogP) is 12.3. The number of aliphatic hydroxyl groups excluding tert-OH is 1. The van der Waals surface area contributed by atoms with Crippen LogP contribution in [-0.2, 0) is 14.3 Å². The summed E-state index contributed by atoms with van der Waals surface area (Å²) in [6.07, 6.45) is 39.1. The molecule has 0 saturated carbocycles. The molecule has 42 heavy (non-hydrogen) atoms. The summed E-state index contributed by atoms with van der Waals surface area (Å²) in [5.41, 5.74) is 0. The van der Waals surface area contributed by atoms with Crippen LogP contribution in [-0.4, -0.2) is 23.1 Å². The van der Waals surface area contributed by atoms with Crippen molar-refractivity contribution in [1.29, 1.82) is 0 Å². The predicted molar refractivity (Wildman–Crippen MR) is 181 cm³/mol. The zero-order valence-electron chi connectivity index (χ0n) is 28.6. The highest BCUT2D eigenvalue weighted by Crippen LogP contribution is 2.16. The number of rotatable bonds is 34. The molecule has 250 valence electrons. The van der Waals surface area contributed by atoms with Crippen molar-refractivity contribution in [1.82, 2.24) is 0 Å². The molecule has 0 aliphatic heterocycles. The summed E-state index contributed by atoms with van der Waals surface area (Å²) in [6.45, 7) is 4.50. The maximum Gasteiger partial charge on any atom is 0.313 e. The second-order valence-electron chi connectivity index (χ2n) is 13.1. The molecule has 0 aromatic carbocycles. The molecule has 0 aromatic rings. The largest absolute Gasteiger partial charge is 0.393 e. The standard InChI is InChI=1S/C38H74O4/c1-3-5-7-9-11-12-13-14-15-16-17-18-19-20-21-22-24-25-28-32-36(39)33-29-27-31-35-38(41)42-37(40)34-30-26-23-10-8-6-4-2/h36,39H,3-35H2,1-2H3. The highest BCUT2D eigenvalue weighted by molar-refractivity contribution is 5.85. The number of ether oxygens (including phenoxy) is 1. The average molecular weight is 595 g/mol. The summed E-state index contributed by atoms with van der Waals surface area (Å²) in [4.78, 5) is 23.7. The number of unbranched alkanes of at least 4 members (excludes halogenated alkanes) is 26. The van der Waals surface area contributed by atoms with Gasteiger partial charge in [-0.15, -0.1) is 0 Å². The molecule has 4 heteroatoms. The quantitative estimate of drug-likeness (QED) is 0.0457. The molecular formula is C38H74O4. The van der Waals surface area contributed by atoms with Gasteiger partial charge >= 0.3 is 11.9 Å². The smallest absolute Gasteiger partial charge is 0.313 e. The van der Waals surface area contributed by atoms with E-state index in [9.17, 15) is 14.7 Å². The van der Waals surface area contributed by atoms with Gasteiger partial charge in [-0.25, -0.2) is 0 Å². The lowest BCUT2D eigenvalue weighted by Crippen LogP contribution is -2.12. The molecule has 0 bridgehead atoms. The van der Waals surface area contributed by atoms with E-state index >= 15 is 0 Å². The van der Waals surface area contributed by atoms with E-state index in [1.807, 2.05) is 0 Å². The van der Waals surface area contributed by atoms with E-state index in [0.29, 0.717) is 12.8 Å². The first-order chi connectivity index (χ1) is 20.6. The molecule has 1 N–H and O–H groups in total. The van der Waals surface area contributed by atoms with Crippen molar-refractivity contribution in [3.63, 3.8) is 0 Å². The normalized spacial score (nSPS) is 12.1. The second kappa shape index (κ2) is 34.6. The minimum absolute atomic E-state index is 0.216. The van der Waals surface area contributed by atoms with E-state index < -0.39 is 5.97 Å². The van der Waals surface area contributed by atoms with E-state index in [0.717, 1.165) is 57.8 Å². The lowest BCUT2D eigenvalue weighted by molar-refractivity contribution is -0.159. The molecule has 0 heterocycles. The minimum atomic E-state index is -0.391. The van der Waals surface area contributed by atoms with Crippen LogP contribution in [0.2, 0.25) is 0 Å². The van der Waals surface area contributed by atoms with Gasteiger partial charge in [0, 0.05) is 12.8 Å². The second-order valence-corrected chi connectivity index (χ2v) is 13.1. The Kier molecular flexibility index (Phi) is 33.8. The Morgan fingerprint density at radius 1 is 0.405 bits per heavy atom. The number of carbonyl (C=O) groups excluding carboxylic acids is 2. The Morgan fingerprint density at radius 3 is 0.952 bits per heavy atom. The molecule has 0 aliphatic carbocycles. The molecule has 0 aromatic heterocycles. The van der Waals surface area contributed by atoms with Crippen molar-refractivity contribution in [3.05, 3.63) is 0 Å². The van der Waals surface area contributed by atoms with Gasteiger partial charge in [-0.1, -0.05) is 187 Å². The van der Waals surface area contributed by atoms with Gasteiger partial charge in [0.05, 0.1) is 6.10 Å². The van der Waals surface area contributed by atoms with Crippen LogP contribution in [0.3, 0.4) is 0 Å². The maximum absolute atomic E-state index is 11.9. The molecule has 0 amide bonds. The number of hydrogen-bond acceptors (Lipinski definition) is 4. The van der Waals surface area contributed by atoms with Gasteiger partial charge in [0.1, 0.15) is 0 Å². The third kappa shape index (κ3) is 33.6. The maximum atomic E-state index is 11.9. The van der Waals surface area contributed by atoms with Gasteiger partial charge in [-0.3, -0.25) is 9.59 Å². The number of hydrogen-bond donors (Lipinski definition) is 1. The van der Waals surface area contributed by atoms with Crippen molar-refractivity contribution in [2.24, 2.45) is 0 Å². The highest BCUT2D eigenvalue weighted by atomic mass is 16.6. The van der Waals surface area contributed by atoms with E-state index in [2.05, 4.69) is 13.8 Å². The zero-order valence-corrected chi connectivity index (χ0v) is 28.6. The molecule has 0 rings (SSSR count). The van der Waals surface area contributed by atoms with Gasteiger partial charge in [0.2, 0.25) is 0 Å². The van der Waals surface area contributed by atoms with Crippen molar-refractivity contribution in [3.8, 4) is 0 Å². The van der Waals surface area contributed by atoms with E-state index in [1.54, 1.807) is 0 Å². The van der Waals surface area contributed by atoms with Crippen LogP contribution >= 0.6 is 0 Å². The third-order valence-electron chi connectivity index (χ3n) is 8.77. The lowest BCUT2D eigenvalue weighted by atomic mass is 10.0. The first-order valence-corrected chi connectivity index (χ1v) is 19.0. The number of esters is 2. The molecular weight excluding hydrogens is 520 g/mol. The van der Waals surface area contributed by atoms with Crippen molar-refractivity contribution in [2.75, 3.05) is 0 Å². The van der Waals surface area contributed by atoms with Gasteiger partial charge in [-0.2, -0.15) is 0 Å². The molecule has 0 saturated heterocycles. The number of aliphatic hydroxyl groups is 1. The number of carbonyl (C=O) groups is 2. The Bertz CT molecular complexity index is 561. The zero-order chi connectivity index (χ0) is 30.8. The van der Waals surface area contributed by atoms with Crippen LogP contribution in [0.4, 0.5) is 0 Å². The molecule has 4 nitrogen and oxygen atoms in total. The fourth-order valence-corrected chi connectivity index (χ4v) is 5.88. The first kappa shape index (κ1) is 41.1. The molecule has 1 atom stereocenters. The van der Waals surface area contributed by atoms with E-state index in [1.165, 1.54) is 141 Å². The Labute approximate surface area is 262 Å². The lowest BCUT2D eigenvalue weighted by Gasteiger charge is -2.10. The van der Waals surface area contributed by atoms with Crippen molar-refractivity contribution in [2.45, 2.75) is 232 Å². The Morgan fingerprint density at radius 2 is 0.643 bits per heavy atom. The molecule has 0 spiro atoms. The molecule has 0 fully saturated rings. The van der Waals surface area contributed by atoms with Gasteiger partial charge in [0.25, 0.3) is 0 Å². The molecule has 1 unspecified atom stereocenters. The topological polar surface area (TPSA) is 63.6 Å². The Hall–Kier alpha value is -0.900. The van der Waals surface area contributed by atoms with Gasteiger partial charge in [-0.05, 0) is 25.7 Å². The third-order valence-corrected chi connectivity index (χ3v) is 8.77. The van der Waals surface area contributed by atoms with Crippen molar-refractivity contribution >= 4 is 11.9 Å². The summed E-state index contributed by atoms with van der Waals surface area (Å²) in [5.74, 6) is -0.763. The van der Waals surface area contributed by atoms with Gasteiger partial charge < -0.3 is 9.84 Å². The Balaban J connectivity index is 3.32. The monoisotopic (exact) mass is 595 g/mol. The van der Waals surface area contributed by atoms with Crippen LogP contribution in [0.25, 0.3) is 0 Å². The fourth-order valence-electron chi connectivity index (χ4n) is 5.88. The molecule has 0 radical (unpaired) electrons. The summed E-state index contributed by atoms with van der Waals surface area (Å²) in [7, 11) is 0. The van der Waals surface area contributed by atoms with Gasteiger partial charge in [0.15, 0.2) is 0 Å². The fraction of sp³-hybridized carbons (Fsp3) is 0.947. The SMILES string of the molecule is CCCCCCCCCCCCCCCCCCCCCC(O)CCCCCC(=O)OC(=O)CCCCCCCCC. The van der Waals surface area contributed by atoms with E-state index in [-0.39, 0.29) is 12.1 Å². The van der Waals surface area contributed by atoms with Crippen LogP contribution < -0.4 is 0 Å². The van der Waals surface area contributed by atoms with Crippen LogP contribution in [0, 0.1) is 0 Å². The summed E-state index contributed by atoms with van der Waals surface area (Å²) < 4.78 is 4.94. The van der Waals surface area contributed by atoms with Crippen LogP contribution in [0.15, 0.2) is 0 Å². The summed E-state index contributed by atoms with van der Waals surface area (Å²) >= 11 is 0. The van der Waals surface area contributed by atoms with Crippen LogP contribution in [0.1, 0.15) is 226 Å². The average Bonchev–Trinajstić information content (AvgIpc) is 2.97. The summed E-state index contributed by atoms with van der Waals surface area (Å²) in [5, 5.41) is 10.2. The first-order valence-electron chi connectivity index (χ1n) is 19.0. The van der Waals surface area contributed by atoms with E-state index in [4.69, 9.17) is 4.74 Å². The molecule has 0 aliphatic rings. The summed E-state index contributed by atoms with van der Waals surface area (Å²) in [6, 6.07) is 0. The minimum Gasteiger partial charge on any atom is -0.393 e. The van der Waals surface area contributed by atoms with Crippen molar-refractivity contribution < 1.29 is 19.4 Å². The van der Waals surface area contributed by atoms with Crippen LogP contribution in [0.5, 0.6) is 0 Å².